The molecular formula is C19H28N2O. The quantitative estimate of drug-likeness (QED) is 0.861. The lowest BCUT2D eigenvalue weighted by Gasteiger charge is -2.23. The van der Waals surface area contributed by atoms with Gasteiger partial charge in [-0.25, -0.2) is 0 Å². The number of carbonyl (C=O) groups excluding carboxylic acids is 1. The maximum absolute atomic E-state index is 12.6. The second-order valence-corrected chi connectivity index (χ2v) is 6.84. The average Bonchev–Trinajstić information content (AvgIpc) is 2.68. The topological polar surface area (TPSA) is 32.3 Å². The fourth-order valence-electron chi connectivity index (χ4n) is 3.93. The number of nitrogens with one attached hydrogen (secondary N) is 1. The van der Waals surface area contributed by atoms with Crippen LogP contribution in [0, 0.1) is 0 Å². The van der Waals surface area contributed by atoms with E-state index in [1.54, 1.807) is 0 Å². The summed E-state index contributed by atoms with van der Waals surface area (Å²) in [7, 11) is 0. The Labute approximate surface area is 134 Å². The van der Waals surface area contributed by atoms with Crippen molar-refractivity contribution < 1.29 is 4.79 Å². The molecule has 1 N–H and O–H groups in total. The van der Waals surface area contributed by atoms with Crippen molar-refractivity contribution in [3.63, 3.8) is 0 Å². The van der Waals surface area contributed by atoms with Crippen LogP contribution in [0.1, 0.15) is 57.4 Å². The third kappa shape index (κ3) is 3.52. The summed E-state index contributed by atoms with van der Waals surface area (Å²) in [6.07, 6.45) is 9.56. The Morgan fingerprint density at radius 2 is 1.91 bits per heavy atom. The fraction of sp³-hybridized carbons (Fsp3) is 0.632. The summed E-state index contributed by atoms with van der Waals surface area (Å²) < 4.78 is 0. The Morgan fingerprint density at radius 3 is 2.68 bits per heavy atom. The van der Waals surface area contributed by atoms with E-state index in [9.17, 15) is 4.79 Å². The molecule has 0 saturated heterocycles. The van der Waals surface area contributed by atoms with Gasteiger partial charge in [0.2, 0.25) is 5.91 Å². The molecule has 1 aromatic rings. The van der Waals surface area contributed by atoms with Gasteiger partial charge in [0.05, 0.1) is 0 Å². The predicted molar refractivity (Wildman–Crippen MR) is 91.2 cm³/mol. The number of nitrogens with zero attached hydrogens (tertiary/aromatic N) is 1. The highest BCUT2D eigenvalue weighted by Gasteiger charge is 2.30. The van der Waals surface area contributed by atoms with E-state index in [0.717, 1.165) is 18.7 Å². The van der Waals surface area contributed by atoms with Crippen LogP contribution in [0.4, 0.5) is 5.69 Å². The molecule has 1 aromatic carbocycles. The van der Waals surface area contributed by atoms with Crippen molar-refractivity contribution in [1.82, 2.24) is 5.32 Å². The van der Waals surface area contributed by atoms with Crippen LogP contribution in [0.2, 0.25) is 0 Å². The van der Waals surface area contributed by atoms with E-state index < -0.39 is 0 Å². The summed E-state index contributed by atoms with van der Waals surface area (Å²) in [6.45, 7) is 2.96. The maximum Gasteiger partial charge on any atom is 0.228 e. The molecule has 3 heteroatoms. The number of rotatable bonds is 4. The van der Waals surface area contributed by atoms with E-state index >= 15 is 0 Å². The lowest BCUT2D eigenvalue weighted by molar-refractivity contribution is -0.118. The predicted octanol–water partition coefficient (Wildman–Crippen LogP) is 3.67. The van der Waals surface area contributed by atoms with Crippen molar-refractivity contribution >= 4 is 11.6 Å². The number of benzene rings is 1. The highest BCUT2D eigenvalue weighted by molar-refractivity contribution is 5.96. The van der Waals surface area contributed by atoms with Gasteiger partial charge in [0.1, 0.15) is 0 Å². The average molecular weight is 300 g/mol. The molecule has 22 heavy (non-hydrogen) atoms. The molecule has 1 heterocycles. The van der Waals surface area contributed by atoms with E-state index in [1.807, 2.05) is 11.0 Å². The van der Waals surface area contributed by atoms with Crippen molar-refractivity contribution in [2.45, 2.75) is 70.4 Å². The molecule has 0 spiro atoms. The van der Waals surface area contributed by atoms with Gasteiger partial charge in [0.15, 0.2) is 0 Å². The van der Waals surface area contributed by atoms with Gasteiger partial charge >= 0.3 is 0 Å². The molecule has 1 aliphatic heterocycles. The Kier molecular flexibility index (Phi) is 5.14. The van der Waals surface area contributed by atoms with Crippen LogP contribution in [-0.4, -0.2) is 24.5 Å². The van der Waals surface area contributed by atoms with Crippen LogP contribution in [-0.2, 0) is 11.2 Å². The molecule has 1 atom stereocenters. The van der Waals surface area contributed by atoms with Crippen molar-refractivity contribution in [3.05, 3.63) is 29.8 Å². The maximum atomic E-state index is 12.6. The molecule has 1 saturated carbocycles. The van der Waals surface area contributed by atoms with Gasteiger partial charge in [-0.2, -0.15) is 0 Å². The zero-order valence-corrected chi connectivity index (χ0v) is 13.7. The highest BCUT2D eigenvalue weighted by atomic mass is 16.2. The van der Waals surface area contributed by atoms with E-state index in [-0.39, 0.29) is 5.91 Å². The lowest BCUT2D eigenvalue weighted by Crippen LogP contribution is -2.38. The van der Waals surface area contributed by atoms with Crippen molar-refractivity contribution in [2.75, 3.05) is 11.4 Å². The molecule has 1 amide bonds. The molecular weight excluding hydrogens is 272 g/mol. The van der Waals surface area contributed by atoms with Gasteiger partial charge in [0, 0.05) is 30.7 Å². The minimum Gasteiger partial charge on any atom is -0.313 e. The van der Waals surface area contributed by atoms with Gasteiger partial charge < -0.3 is 10.2 Å². The summed E-state index contributed by atoms with van der Waals surface area (Å²) in [4.78, 5) is 14.6. The van der Waals surface area contributed by atoms with Crippen molar-refractivity contribution in [1.29, 1.82) is 0 Å². The number of hydrogen-bond acceptors (Lipinski definition) is 2. The smallest absolute Gasteiger partial charge is 0.228 e. The van der Waals surface area contributed by atoms with Gasteiger partial charge in [-0.15, -0.1) is 0 Å². The molecule has 3 rings (SSSR count). The first kappa shape index (κ1) is 15.5. The Bertz CT molecular complexity index is 506. The molecule has 0 radical (unpaired) electrons. The minimum absolute atomic E-state index is 0.263. The third-order valence-corrected chi connectivity index (χ3v) is 5.10. The van der Waals surface area contributed by atoms with Crippen LogP contribution in [0.25, 0.3) is 0 Å². The summed E-state index contributed by atoms with van der Waals surface area (Å²) in [6, 6.07) is 9.23. The summed E-state index contributed by atoms with van der Waals surface area (Å²) in [5.41, 5.74) is 2.43. The largest absolute Gasteiger partial charge is 0.313 e. The van der Waals surface area contributed by atoms with Crippen LogP contribution in [0.5, 0.6) is 0 Å². The van der Waals surface area contributed by atoms with Crippen LogP contribution >= 0.6 is 0 Å². The molecule has 0 aromatic heterocycles. The van der Waals surface area contributed by atoms with Crippen LogP contribution in [0.3, 0.4) is 0 Å². The molecule has 1 fully saturated rings. The van der Waals surface area contributed by atoms with Gasteiger partial charge in [-0.1, -0.05) is 43.9 Å². The molecule has 1 aliphatic carbocycles. The summed E-state index contributed by atoms with van der Waals surface area (Å²) in [5.74, 6) is 0.263. The first-order valence-electron chi connectivity index (χ1n) is 8.89. The number of hydrogen-bond donors (Lipinski definition) is 1. The molecule has 2 aliphatic rings. The van der Waals surface area contributed by atoms with E-state index in [0.29, 0.717) is 18.5 Å². The minimum atomic E-state index is 0.263. The van der Waals surface area contributed by atoms with Crippen molar-refractivity contribution in [3.8, 4) is 0 Å². The normalized spacial score (nSPS) is 22.4. The fourth-order valence-corrected chi connectivity index (χ4v) is 3.93. The van der Waals surface area contributed by atoms with E-state index in [2.05, 4.69) is 30.4 Å². The Balaban J connectivity index is 1.52. The van der Waals surface area contributed by atoms with Gasteiger partial charge in [0.25, 0.3) is 0 Å². The summed E-state index contributed by atoms with van der Waals surface area (Å²) >= 11 is 0. The van der Waals surface area contributed by atoms with Crippen LogP contribution in [0.15, 0.2) is 24.3 Å². The molecule has 3 nitrogen and oxygen atoms in total. The number of amides is 1. The second-order valence-electron chi connectivity index (χ2n) is 6.84. The van der Waals surface area contributed by atoms with Crippen molar-refractivity contribution in [2.24, 2.45) is 0 Å². The number of fused-ring (bicyclic) bond motifs is 1. The molecule has 1 unspecified atom stereocenters. The van der Waals surface area contributed by atoms with Gasteiger partial charge in [-0.05, 0) is 37.8 Å². The molecule has 120 valence electrons. The zero-order valence-electron chi connectivity index (χ0n) is 13.7. The first-order chi connectivity index (χ1) is 10.8. The monoisotopic (exact) mass is 300 g/mol. The number of anilines is 1. The highest BCUT2D eigenvalue weighted by Crippen LogP contribution is 2.32. The number of carbonyl (C=O) groups is 1. The second kappa shape index (κ2) is 7.28. The van der Waals surface area contributed by atoms with Gasteiger partial charge in [-0.3, -0.25) is 4.79 Å². The zero-order chi connectivity index (χ0) is 15.4. The summed E-state index contributed by atoms with van der Waals surface area (Å²) in [5, 5.41) is 3.61. The molecule has 0 bridgehead atoms. The standard InChI is InChI=1S/C19H28N2O/c1-15-14-16-8-6-7-11-18(16)21(15)19(22)12-13-20-17-9-4-2-3-5-10-17/h6-8,11,15,17,20H,2-5,9-10,12-14H2,1H3. The Morgan fingerprint density at radius 1 is 1.18 bits per heavy atom. The number of para-hydroxylation sites is 1. The van der Waals surface area contributed by atoms with Crippen LogP contribution < -0.4 is 10.2 Å². The van der Waals surface area contributed by atoms with E-state index in [1.165, 1.54) is 44.1 Å². The Hall–Kier alpha value is -1.35. The SMILES string of the molecule is CC1Cc2ccccc2N1C(=O)CCNC1CCCCCC1. The van der Waals surface area contributed by atoms with E-state index in [4.69, 9.17) is 0 Å². The lowest BCUT2D eigenvalue weighted by atomic mass is 10.1. The third-order valence-electron chi connectivity index (χ3n) is 5.10. The first-order valence-corrected chi connectivity index (χ1v) is 8.89.